The minimum Gasteiger partial charge on any atom is -0.399 e. The van der Waals surface area contributed by atoms with Crippen molar-refractivity contribution < 1.29 is 5.11 Å². The summed E-state index contributed by atoms with van der Waals surface area (Å²) in [5.41, 5.74) is 9.12. The monoisotopic (exact) mass is 278 g/mol. The molecular formula is C16H14N4O. The molecule has 3 aromatic rings. The lowest BCUT2D eigenvalue weighted by Crippen LogP contribution is -2.06. The van der Waals surface area contributed by atoms with E-state index in [2.05, 4.69) is 11.1 Å². The Morgan fingerprint density at radius 2 is 2.05 bits per heavy atom. The van der Waals surface area contributed by atoms with Crippen LogP contribution in [0.5, 0.6) is 0 Å². The molecule has 3 N–H and O–H groups in total. The smallest absolute Gasteiger partial charge is 0.143 e. The highest BCUT2D eigenvalue weighted by molar-refractivity contribution is 5.82. The fraction of sp³-hybridized carbons (Fsp3) is 0.125. The maximum Gasteiger partial charge on any atom is 0.143 e. The van der Waals surface area contributed by atoms with Gasteiger partial charge in [0.15, 0.2) is 0 Å². The molecule has 0 saturated carbocycles. The quantitative estimate of drug-likeness (QED) is 0.705. The van der Waals surface area contributed by atoms with Crippen LogP contribution in [-0.2, 0) is 0 Å². The Hall–Kier alpha value is -2.84. The average molecular weight is 278 g/mol. The van der Waals surface area contributed by atoms with Crippen molar-refractivity contribution in [2.75, 3.05) is 5.73 Å². The summed E-state index contributed by atoms with van der Waals surface area (Å²) in [4.78, 5) is 4.45. The molecule has 104 valence electrons. The summed E-state index contributed by atoms with van der Waals surface area (Å²) in [6.07, 6.45) is -0.759. The van der Waals surface area contributed by atoms with Gasteiger partial charge in [-0.05, 0) is 37.3 Å². The molecule has 0 aliphatic rings. The molecule has 0 bridgehead atoms. The van der Waals surface area contributed by atoms with Gasteiger partial charge in [-0.3, -0.25) is 4.57 Å². The summed E-state index contributed by atoms with van der Waals surface area (Å²) in [6, 6.07) is 14.8. The summed E-state index contributed by atoms with van der Waals surface area (Å²) in [5.74, 6) is 0.485. The molecule has 5 heteroatoms. The van der Waals surface area contributed by atoms with Crippen molar-refractivity contribution in [3.63, 3.8) is 0 Å². The summed E-state index contributed by atoms with van der Waals surface area (Å²) >= 11 is 0. The number of fused-ring (bicyclic) bond motifs is 1. The van der Waals surface area contributed by atoms with Gasteiger partial charge in [-0.1, -0.05) is 12.1 Å². The zero-order valence-electron chi connectivity index (χ0n) is 11.5. The predicted octanol–water partition coefficient (Wildman–Crippen LogP) is 2.53. The minimum absolute atomic E-state index is 0.485. The number of hydrogen-bond acceptors (Lipinski definition) is 4. The number of benzene rings is 2. The molecule has 1 heterocycles. The molecule has 2 aromatic carbocycles. The Balaban J connectivity index is 2.40. The van der Waals surface area contributed by atoms with Crippen molar-refractivity contribution in [3.05, 3.63) is 53.9 Å². The van der Waals surface area contributed by atoms with Gasteiger partial charge in [0.2, 0.25) is 0 Å². The maximum atomic E-state index is 10.0. The van der Waals surface area contributed by atoms with Gasteiger partial charge in [-0.15, -0.1) is 0 Å². The van der Waals surface area contributed by atoms with E-state index in [-0.39, 0.29) is 0 Å². The van der Waals surface area contributed by atoms with Crippen molar-refractivity contribution in [2.24, 2.45) is 0 Å². The van der Waals surface area contributed by atoms with Crippen LogP contribution < -0.4 is 5.73 Å². The van der Waals surface area contributed by atoms with Gasteiger partial charge in [-0.25, -0.2) is 4.98 Å². The van der Waals surface area contributed by atoms with Crippen molar-refractivity contribution in [2.45, 2.75) is 13.0 Å². The van der Waals surface area contributed by atoms with E-state index >= 15 is 0 Å². The topological polar surface area (TPSA) is 87.9 Å². The molecule has 0 spiro atoms. The van der Waals surface area contributed by atoms with E-state index in [4.69, 9.17) is 5.73 Å². The van der Waals surface area contributed by atoms with Gasteiger partial charge in [0.25, 0.3) is 0 Å². The number of aromatic nitrogens is 2. The molecule has 0 amide bonds. The Kier molecular flexibility index (Phi) is 3.09. The number of nitrogens with zero attached hydrogens (tertiary/aromatic N) is 3. The molecule has 0 saturated heterocycles. The normalized spacial score (nSPS) is 12.2. The van der Waals surface area contributed by atoms with E-state index in [1.54, 1.807) is 35.8 Å². The predicted molar refractivity (Wildman–Crippen MR) is 80.8 cm³/mol. The highest BCUT2D eigenvalue weighted by Crippen LogP contribution is 2.28. The number of anilines is 1. The van der Waals surface area contributed by atoms with Gasteiger partial charge in [0.1, 0.15) is 18.0 Å². The van der Waals surface area contributed by atoms with Crippen LogP contribution in [0.1, 0.15) is 24.4 Å². The van der Waals surface area contributed by atoms with E-state index < -0.39 is 6.10 Å². The van der Waals surface area contributed by atoms with Gasteiger partial charge in [0.05, 0.1) is 22.3 Å². The molecule has 0 aliphatic carbocycles. The number of nitrogen functional groups attached to an aromatic ring is 1. The van der Waals surface area contributed by atoms with Gasteiger partial charge in [0, 0.05) is 5.69 Å². The van der Waals surface area contributed by atoms with E-state index in [1.807, 2.05) is 18.2 Å². The van der Waals surface area contributed by atoms with Crippen LogP contribution in [0.3, 0.4) is 0 Å². The van der Waals surface area contributed by atoms with Crippen LogP contribution in [0.2, 0.25) is 0 Å². The number of nitrogens with two attached hydrogens (primary N) is 1. The number of para-hydroxylation sites is 1. The lowest BCUT2D eigenvalue weighted by atomic mass is 10.2. The highest BCUT2D eigenvalue weighted by atomic mass is 16.3. The van der Waals surface area contributed by atoms with Crippen LogP contribution in [-0.4, -0.2) is 14.7 Å². The number of aliphatic hydroxyl groups excluding tert-OH is 1. The zero-order valence-corrected chi connectivity index (χ0v) is 11.5. The molecular weight excluding hydrogens is 264 g/mol. The first-order chi connectivity index (χ1) is 10.1. The highest BCUT2D eigenvalue weighted by Gasteiger charge is 2.18. The van der Waals surface area contributed by atoms with Crippen LogP contribution in [0.15, 0.2) is 42.5 Å². The first kappa shape index (κ1) is 13.2. The third kappa shape index (κ3) is 2.12. The van der Waals surface area contributed by atoms with E-state index in [0.29, 0.717) is 28.3 Å². The lowest BCUT2D eigenvalue weighted by molar-refractivity contribution is 0.187. The molecule has 5 nitrogen and oxygen atoms in total. The molecule has 0 radical (unpaired) electrons. The van der Waals surface area contributed by atoms with Crippen molar-refractivity contribution >= 4 is 16.7 Å². The lowest BCUT2D eigenvalue weighted by Gasteiger charge is -2.12. The molecule has 1 unspecified atom stereocenters. The Morgan fingerprint density at radius 1 is 1.29 bits per heavy atom. The van der Waals surface area contributed by atoms with Crippen molar-refractivity contribution in [1.29, 1.82) is 5.26 Å². The number of hydrogen-bond donors (Lipinski definition) is 2. The third-order valence-corrected chi connectivity index (χ3v) is 3.34. The molecule has 1 atom stereocenters. The van der Waals surface area contributed by atoms with Crippen molar-refractivity contribution in [1.82, 2.24) is 9.55 Å². The molecule has 21 heavy (non-hydrogen) atoms. The van der Waals surface area contributed by atoms with Crippen LogP contribution in [0, 0.1) is 11.3 Å². The summed E-state index contributed by atoms with van der Waals surface area (Å²) in [7, 11) is 0. The first-order valence-electron chi connectivity index (χ1n) is 6.57. The largest absolute Gasteiger partial charge is 0.399 e. The second kappa shape index (κ2) is 4.93. The minimum atomic E-state index is -0.759. The van der Waals surface area contributed by atoms with E-state index in [9.17, 15) is 10.4 Å². The Morgan fingerprint density at radius 3 is 2.76 bits per heavy atom. The number of aliphatic hydroxyl groups is 1. The number of imidazole rings is 1. The van der Waals surface area contributed by atoms with E-state index in [0.717, 1.165) is 5.52 Å². The molecule has 0 fully saturated rings. The third-order valence-electron chi connectivity index (χ3n) is 3.34. The fourth-order valence-electron chi connectivity index (χ4n) is 2.41. The van der Waals surface area contributed by atoms with Crippen LogP contribution in [0.4, 0.5) is 5.69 Å². The Labute approximate surface area is 121 Å². The fourth-order valence-corrected chi connectivity index (χ4v) is 2.41. The zero-order chi connectivity index (χ0) is 15.0. The number of nitriles is 1. The van der Waals surface area contributed by atoms with Crippen LogP contribution >= 0.6 is 0 Å². The number of rotatable bonds is 2. The second-order valence-electron chi connectivity index (χ2n) is 4.86. The van der Waals surface area contributed by atoms with Crippen LogP contribution in [0.25, 0.3) is 16.7 Å². The summed E-state index contributed by atoms with van der Waals surface area (Å²) in [5, 5.41) is 19.3. The average Bonchev–Trinajstić information content (AvgIpc) is 2.85. The molecule has 3 rings (SSSR count). The van der Waals surface area contributed by atoms with Crippen molar-refractivity contribution in [3.8, 4) is 11.8 Å². The SMILES string of the molecule is CC(O)c1nc2cc(N)ccc2n1-c1ccccc1C#N. The van der Waals surface area contributed by atoms with Gasteiger partial charge < -0.3 is 10.8 Å². The molecule has 1 aromatic heterocycles. The van der Waals surface area contributed by atoms with E-state index in [1.165, 1.54) is 0 Å². The molecule has 0 aliphatic heterocycles. The second-order valence-corrected chi connectivity index (χ2v) is 4.86. The summed E-state index contributed by atoms with van der Waals surface area (Å²) < 4.78 is 1.80. The van der Waals surface area contributed by atoms with Gasteiger partial charge >= 0.3 is 0 Å². The van der Waals surface area contributed by atoms with Gasteiger partial charge in [-0.2, -0.15) is 5.26 Å². The standard InChI is InChI=1S/C16H14N4O/c1-10(21)16-19-13-8-12(18)6-7-15(13)20(16)14-5-3-2-4-11(14)9-17/h2-8,10,21H,18H2,1H3. The first-order valence-corrected chi connectivity index (χ1v) is 6.57. The summed E-state index contributed by atoms with van der Waals surface area (Å²) in [6.45, 7) is 1.65. The Bertz CT molecular complexity index is 858. The maximum absolute atomic E-state index is 10.0.